The number of rotatable bonds is 4. The van der Waals surface area contributed by atoms with E-state index in [9.17, 15) is 9.18 Å². The minimum absolute atomic E-state index is 0.167. The van der Waals surface area contributed by atoms with Gasteiger partial charge in [0.1, 0.15) is 11.6 Å². The molecule has 0 N–H and O–H groups in total. The summed E-state index contributed by atoms with van der Waals surface area (Å²) in [7, 11) is 0. The Hall–Kier alpha value is -0.890. The Morgan fingerprint density at radius 2 is 2.11 bits per heavy atom. The number of Topliss-reactive ketones (excluding diaryl/α,β-unsaturated/α-hetero) is 1. The van der Waals surface area contributed by atoms with Crippen molar-refractivity contribution < 1.29 is 9.18 Å². The van der Waals surface area contributed by atoms with Gasteiger partial charge in [-0.1, -0.05) is 43.9 Å². The highest BCUT2D eigenvalue weighted by Crippen LogP contribution is 2.34. The highest BCUT2D eigenvalue weighted by atomic mass is 35.5. The van der Waals surface area contributed by atoms with Gasteiger partial charge in [-0.05, 0) is 36.5 Å². The van der Waals surface area contributed by atoms with Gasteiger partial charge in [0.15, 0.2) is 0 Å². The van der Waals surface area contributed by atoms with Crippen molar-refractivity contribution in [3.05, 3.63) is 34.6 Å². The van der Waals surface area contributed by atoms with Gasteiger partial charge in [-0.2, -0.15) is 0 Å². The van der Waals surface area contributed by atoms with Crippen LogP contribution in [0.4, 0.5) is 4.39 Å². The Morgan fingerprint density at radius 3 is 2.79 bits per heavy atom. The summed E-state index contributed by atoms with van der Waals surface area (Å²) in [5.41, 5.74) is 0.744. The first-order valence-corrected chi connectivity index (χ1v) is 7.46. The summed E-state index contributed by atoms with van der Waals surface area (Å²) in [6.07, 6.45) is 5.93. The molecule has 2 unspecified atom stereocenters. The van der Waals surface area contributed by atoms with E-state index in [0.29, 0.717) is 17.4 Å². The molecule has 0 radical (unpaired) electrons. The Kier molecular flexibility index (Phi) is 4.98. The second kappa shape index (κ2) is 6.51. The zero-order valence-corrected chi connectivity index (χ0v) is 12.0. The van der Waals surface area contributed by atoms with E-state index in [4.69, 9.17) is 11.6 Å². The van der Waals surface area contributed by atoms with Gasteiger partial charge in [0.2, 0.25) is 0 Å². The van der Waals surface area contributed by atoms with Crippen LogP contribution in [0, 0.1) is 17.7 Å². The second-order valence-electron chi connectivity index (χ2n) is 5.44. The van der Waals surface area contributed by atoms with Gasteiger partial charge in [-0.15, -0.1) is 0 Å². The van der Waals surface area contributed by atoms with Crippen LogP contribution >= 0.6 is 11.6 Å². The quantitative estimate of drug-likeness (QED) is 0.775. The normalized spacial score (nSPS) is 23.3. The zero-order chi connectivity index (χ0) is 13.8. The Morgan fingerprint density at radius 1 is 1.37 bits per heavy atom. The molecule has 1 saturated carbocycles. The van der Waals surface area contributed by atoms with E-state index in [2.05, 4.69) is 6.92 Å². The van der Waals surface area contributed by atoms with Crippen molar-refractivity contribution in [3.63, 3.8) is 0 Å². The number of hydrogen-bond acceptors (Lipinski definition) is 1. The lowest BCUT2D eigenvalue weighted by atomic mass is 9.74. The largest absolute Gasteiger partial charge is 0.299 e. The van der Waals surface area contributed by atoms with Gasteiger partial charge in [-0.25, -0.2) is 4.39 Å². The smallest absolute Gasteiger partial charge is 0.140 e. The molecule has 104 valence electrons. The Bertz CT molecular complexity index is 458. The lowest BCUT2D eigenvalue weighted by molar-refractivity contribution is -0.125. The third kappa shape index (κ3) is 3.56. The van der Waals surface area contributed by atoms with E-state index in [1.54, 1.807) is 6.07 Å². The summed E-state index contributed by atoms with van der Waals surface area (Å²) < 4.78 is 13.0. The molecule has 19 heavy (non-hydrogen) atoms. The van der Waals surface area contributed by atoms with Crippen LogP contribution in [0.25, 0.3) is 0 Å². The van der Waals surface area contributed by atoms with E-state index in [1.165, 1.54) is 18.6 Å². The maximum Gasteiger partial charge on any atom is 0.140 e. The number of benzene rings is 1. The molecule has 3 heteroatoms. The topological polar surface area (TPSA) is 17.1 Å². The molecule has 1 aliphatic rings. The molecule has 0 amide bonds. The third-order valence-corrected chi connectivity index (χ3v) is 4.58. The second-order valence-corrected chi connectivity index (χ2v) is 5.85. The number of carbonyl (C=O) groups excluding carboxylic acids is 1. The first-order valence-electron chi connectivity index (χ1n) is 7.08. The van der Waals surface area contributed by atoms with Crippen molar-refractivity contribution >= 4 is 17.4 Å². The summed E-state index contributed by atoms with van der Waals surface area (Å²) in [4.78, 5) is 12.4. The molecule has 0 bridgehead atoms. The molecule has 2 atom stereocenters. The third-order valence-electron chi connectivity index (χ3n) is 4.23. The van der Waals surface area contributed by atoms with Crippen LogP contribution in [0.1, 0.15) is 44.6 Å². The maximum absolute atomic E-state index is 13.0. The highest BCUT2D eigenvalue weighted by Gasteiger charge is 2.29. The first-order chi connectivity index (χ1) is 9.11. The van der Waals surface area contributed by atoms with Crippen molar-refractivity contribution in [1.29, 1.82) is 0 Å². The predicted octanol–water partition coefficient (Wildman–Crippen LogP) is 4.81. The van der Waals surface area contributed by atoms with E-state index in [-0.39, 0.29) is 17.5 Å². The monoisotopic (exact) mass is 282 g/mol. The summed E-state index contributed by atoms with van der Waals surface area (Å²) in [6.45, 7) is 2.15. The fourth-order valence-corrected chi connectivity index (χ4v) is 3.34. The molecular weight excluding hydrogens is 263 g/mol. The van der Waals surface area contributed by atoms with Crippen LogP contribution in [-0.2, 0) is 11.2 Å². The van der Waals surface area contributed by atoms with E-state index < -0.39 is 0 Å². The highest BCUT2D eigenvalue weighted by molar-refractivity contribution is 6.31. The molecule has 2 rings (SSSR count). The summed E-state index contributed by atoms with van der Waals surface area (Å²) >= 11 is 5.99. The molecule has 1 aliphatic carbocycles. The number of halogens is 2. The van der Waals surface area contributed by atoms with Gasteiger partial charge < -0.3 is 0 Å². The average molecular weight is 283 g/mol. The Labute approximate surface area is 119 Å². The lowest BCUT2D eigenvalue weighted by Gasteiger charge is -2.29. The van der Waals surface area contributed by atoms with Crippen LogP contribution < -0.4 is 0 Å². The summed E-state index contributed by atoms with van der Waals surface area (Å²) in [5, 5.41) is 0.359. The van der Waals surface area contributed by atoms with Gasteiger partial charge in [0, 0.05) is 17.4 Å². The van der Waals surface area contributed by atoms with Crippen molar-refractivity contribution in [3.8, 4) is 0 Å². The van der Waals surface area contributed by atoms with Gasteiger partial charge in [0.05, 0.1) is 0 Å². The van der Waals surface area contributed by atoms with Crippen molar-refractivity contribution in [2.24, 2.45) is 11.8 Å². The standard InChI is InChI=1S/C16H20ClFO/c1-2-11-5-3-4-6-14(11)16(19)9-12-7-8-13(18)10-15(12)17/h7-8,10-11,14H,2-6,9H2,1H3. The van der Waals surface area contributed by atoms with Crippen LogP contribution in [0.5, 0.6) is 0 Å². The van der Waals surface area contributed by atoms with Crippen molar-refractivity contribution in [2.75, 3.05) is 0 Å². The van der Waals surface area contributed by atoms with Gasteiger partial charge >= 0.3 is 0 Å². The van der Waals surface area contributed by atoms with Crippen LogP contribution in [0.2, 0.25) is 5.02 Å². The van der Waals surface area contributed by atoms with Crippen LogP contribution in [0.15, 0.2) is 18.2 Å². The summed E-state index contributed by atoms with van der Waals surface area (Å²) in [5.74, 6) is 0.589. The zero-order valence-electron chi connectivity index (χ0n) is 11.3. The molecule has 1 aromatic rings. The average Bonchev–Trinajstić information content (AvgIpc) is 2.41. The van der Waals surface area contributed by atoms with E-state index >= 15 is 0 Å². The minimum Gasteiger partial charge on any atom is -0.299 e. The molecule has 0 saturated heterocycles. The number of ketones is 1. The maximum atomic E-state index is 13.0. The van der Waals surface area contributed by atoms with Crippen molar-refractivity contribution in [2.45, 2.75) is 45.4 Å². The molecule has 0 aromatic heterocycles. The Balaban J connectivity index is 2.07. The van der Waals surface area contributed by atoms with Gasteiger partial charge in [-0.3, -0.25) is 4.79 Å². The SMILES string of the molecule is CCC1CCCCC1C(=O)Cc1ccc(F)cc1Cl. The van der Waals surface area contributed by atoms with Crippen LogP contribution in [0.3, 0.4) is 0 Å². The number of carbonyl (C=O) groups is 1. The van der Waals surface area contributed by atoms with Gasteiger partial charge in [0.25, 0.3) is 0 Å². The molecule has 1 aromatic carbocycles. The molecular formula is C16H20ClFO. The summed E-state index contributed by atoms with van der Waals surface area (Å²) in [6, 6.07) is 4.27. The lowest BCUT2D eigenvalue weighted by Crippen LogP contribution is -2.28. The fourth-order valence-electron chi connectivity index (χ4n) is 3.10. The molecule has 0 heterocycles. The van der Waals surface area contributed by atoms with E-state index in [1.807, 2.05) is 0 Å². The number of hydrogen-bond donors (Lipinski definition) is 0. The molecule has 1 nitrogen and oxygen atoms in total. The molecule has 0 spiro atoms. The van der Waals surface area contributed by atoms with E-state index in [0.717, 1.165) is 31.2 Å². The minimum atomic E-state index is -0.356. The predicted molar refractivity (Wildman–Crippen MR) is 75.9 cm³/mol. The molecule has 1 fully saturated rings. The van der Waals surface area contributed by atoms with Crippen molar-refractivity contribution in [1.82, 2.24) is 0 Å². The van der Waals surface area contributed by atoms with Crippen LogP contribution in [-0.4, -0.2) is 5.78 Å². The fraction of sp³-hybridized carbons (Fsp3) is 0.562. The molecule has 0 aliphatic heterocycles. The first kappa shape index (κ1) is 14.5.